The summed E-state index contributed by atoms with van der Waals surface area (Å²) in [5, 5.41) is 30.9. The van der Waals surface area contributed by atoms with Crippen LogP contribution in [-0.4, -0.2) is 29.0 Å². The lowest BCUT2D eigenvalue weighted by molar-refractivity contribution is -0.0965. The third kappa shape index (κ3) is 2.48. The number of rotatable bonds is 3. The SMILES string of the molecule is CCC1CC2C(CC(O)C2(O)CC#N)C2CCc3cc(OC)ccc3C12. The molecule has 0 spiro atoms. The predicted molar refractivity (Wildman–Crippen MR) is 98.7 cm³/mol. The number of aliphatic hydroxyl groups excluding tert-OH is 1. The summed E-state index contributed by atoms with van der Waals surface area (Å²) in [7, 11) is 1.71. The Bertz CT molecular complexity index is 727. The molecule has 0 aliphatic heterocycles. The average molecular weight is 355 g/mol. The molecule has 2 saturated carbocycles. The van der Waals surface area contributed by atoms with E-state index in [-0.39, 0.29) is 12.3 Å². The summed E-state index contributed by atoms with van der Waals surface area (Å²) in [5.74, 6) is 2.75. The normalized spacial score (nSPS) is 40.9. The van der Waals surface area contributed by atoms with Gasteiger partial charge in [0.15, 0.2) is 0 Å². The zero-order valence-corrected chi connectivity index (χ0v) is 15.7. The Hall–Kier alpha value is -1.57. The van der Waals surface area contributed by atoms with Gasteiger partial charge in [-0.2, -0.15) is 5.26 Å². The molecular weight excluding hydrogens is 326 g/mol. The van der Waals surface area contributed by atoms with Crippen LogP contribution in [0, 0.1) is 35.0 Å². The first-order valence-corrected chi connectivity index (χ1v) is 9.97. The minimum absolute atomic E-state index is 0.0386. The second kappa shape index (κ2) is 6.55. The molecule has 140 valence electrons. The molecule has 1 aromatic carbocycles. The largest absolute Gasteiger partial charge is 0.497 e. The Kier molecular flexibility index (Phi) is 4.49. The lowest BCUT2D eigenvalue weighted by atomic mass is 9.55. The topological polar surface area (TPSA) is 73.5 Å². The number of benzene rings is 1. The number of aliphatic hydroxyl groups is 2. The summed E-state index contributed by atoms with van der Waals surface area (Å²) in [6.07, 6.45) is 3.99. The van der Waals surface area contributed by atoms with Crippen molar-refractivity contribution in [1.82, 2.24) is 0 Å². The van der Waals surface area contributed by atoms with E-state index >= 15 is 0 Å². The molecule has 3 aliphatic rings. The van der Waals surface area contributed by atoms with Gasteiger partial charge in [0.05, 0.1) is 25.7 Å². The molecule has 3 aliphatic carbocycles. The predicted octanol–water partition coefficient (Wildman–Crippen LogP) is 3.41. The molecule has 1 aromatic rings. The highest BCUT2D eigenvalue weighted by Crippen LogP contribution is 2.61. The number of methoxy groups -OCH3 is 1. The van der Waals surface area contributed by atoms with Crippen LogP contribution in [0.3, 0.4) is 0 Å². The van der Waals surface area contributed by atoms with Gasteiger partial charge in [-0.05, 0) is 78.5 Å². The first-order chi connectivity index (χ1) is 12.5. The Morgan fingerprint density at radius 3 is 2.81 bits per heavy atom. The molecule has 4 heteroatoms. The van der Waals surface area contributed by atoms with Crippen molar-refractivity contribution in [3.05, 3.63) is 29.3 Å². The first-order valence-electron chi connectivity index (χ1n) is 9.97. The summed E-state index contributed by atoms with van der Waals surface area (Å²) < 4.78 is 5.41. The van der Waals surface area contributed by atoms with Crippen LogP contribution in [-0.2, 0) is 6.42 Å². The van der Waals surface area contributed by atoms with Crippen molar-refractivity contribution in [3.8, 4) is 11.8 Å². The van der Waals surface area contributed by atoms with E-state index in [9.17, 15) is 15.5 Å². The van der Waals surface area contributed by atoms with Crippen LogP contribution in [0.5, 0.6) is 5.75 Å². The maximum Gasteiger partial charge on any atom is 0.119 e. The maximum absolute atomic E-state index is 11.1. The van der Waals surface area contributed by atoms with E-state index in [0.717, 1.165) is 31.4 Å². The Morgan fingerprint density at radius 2 is 2.12 bits per heavy atom. The van der Waals surface area contributed by atoms with E-state index in [4.69, 9.17) is 4.74 Å². The number of nitrogens with zero attached hydrogens (tertiary/aromatic N) is 1. The van der Waals surface area contributed by atoms with Crippen molar-refractivity contribution in [3.63, 3.8) is 0 Å². The summed E-state index contributed by atoms with van der Waals surface area (Å²) >= 11 is 0. The van der Waals surface area contributed by atoms with E-state index in [2.05, 4.69) is 31.2 Å². The maximum atomic E-state index is 11.1. The molecule has 2 N–H and O–H groups in total. The highest BCUT2D eigenvalue weighted by atomic mass is 16.5. The van der Waals surface area contributed by atoms with E-state index in [0.29, 0.717) is 30.1 Å². The van der Waals surface area contributed by atoms with Crippen LogP contribution in [0.15, 0.2) is 18.2 Å². The smallest absolute Gasteiger partial charge is 0.119 e. The van der Waals surface area contributed by atoms with Crippen LogP contribution < -0.4 is 4.74 Å². The fraction of sp³-hybridized carbons (Fsp3) is 0.682. The summed E-state index contributed by atoms with van der Waals surface area (Å²) in [5.41, 5.74) is 1.61. The molecular formula is C22H29NO3. The molecule has 26 heavy (non-hydrogen) atoms. The lowest BCUT2D eigenvalue weighted by Crippen LogP contribution is -2.48. The van der Waals surface area contributed by atoms with Gasteiger partial charge in [0, 0.05) is 0 Å². The molecule has 0 amide bonds. The van der Waals surface area contributed by atoms with Crippen molar-refractivity contribution >= 4 is 0 Å². The molecule has 4 nitrogen and oxygen atoms in total. The van der Waals surface area contributed by atoms with E-state index < -0.39 is 11.7 Å². The van der Waals surface area contributed by atoms with Gasteiger partial charge in [0.25, 0.3) is 0 Å². The van der Waals surface area contributed by atoms with Gasteiger partial charge >= 0.3 is 0 Å². The van der Waals surface area contributed by atoms with Crippen molar-refractivity contribution in [2.45, 2.75) is 63.1 Å². The Morgan fingerprint density at radius 1 is 1.31 bits per heavy atom. The van der Waals surface area contributed by atoms with Gasteiger partial charge in [-0.1, -0.05) is 19.4 Å². The summed E-state index contributed by atoms with van der Waals surface area (Å²) in [6.45, 7) is 2.23. The monoisotopic (exact) mass is 355 g/mol. The van der Waals surface area contributed by atoms with Crippen LogP contribution in [0.1, 0.15) is 56.1 Å². The fourth-order valence-electron chi connectivity index (χ4n) is 6.43. The van der Waals surface area contributed by atoms with Crippen molar-refractivity contribution in [1.29, 1.82) is 5.26 Å². The number of aryl methyl sites for hydroxylation is 1. The zero-order valence-electron chi connectivity index (χ0n) is 15.7. The number of hydrogen-bond acceptors (Lipinski definition) is 4. The summed E-state index contributed by atoms with van der Waals surface area (Å²) in [4.78, 5) is 0. The first kappa shape index (κ1) is 17.8. The van der Waals surface area contributed by atoms with Gasteiger partial charge in [0.1, 0.15) is 11.4 Å². The minimum Gasteiger partial charge on any atom is -0.497 e. The molecule has 0 radical (unpaired) electrons. The van der Waals surface area contributed by atoms with Gasteiger partial charge in [-0.25, -0.2) is 0 Å². The molecule has 7 atom stereocenters. The minimum atomic E-state index is -1.22. The highest BCUT2D eigenvalue weighted by molar-refractivity contribution is 5.41. The second-order valence-corrected chi connectivity index (χ2v) is 8.55. The van der Waals surface area contributed by atoms with Crippen molar-refractivity contribution in [2.75, 3.05) is 7.11 Å². The Balaban J connectivity index is 1.72. The molecule has 4 rings (SSSR count). The van der Waals surface area contributed by atoms with Crippen molar-refractivity contribution in [2.24, 2.45) is 23.7 Å². The quantitative estimate of drug-likeness (QED) is 0.871. The second-order valence-electron chi connectivity index (χ2n) is 8.55. The summed E-state index contributed by atoms with van der Waals surface area (Å²) in [6, 6.07) is 8.61. The van der Waals surface area contributed by atoms with Crippen LogP contribution >= 0.6 is 0 Å². The number of nitriles is 1. The van der Waals surface area contributed by atoms with Crippen LogP contribution in [0.2, 0.25) is 0 Å². The molecule has 0 aromatic heterocycles. The van der Waals surface area contributed by atoms with Crippen molar-refractivity contribution < 1.29 is 14.9 Å². The average Bonchev–Trinajstić information content (AvgIpc) is 2.91. The van der Waals surface area contributed by atoms with Crippen LogP contribution in [0.25, 0.3) is 0 Å². The molecule has 7 unspecified atom stereocenters. The van der Waals surface area contributed by atoms with Gasteiger partial charge in [-0.3, -0.25) is 0 Å². The fourth-order valence-corrected chi connectivity index (χ4v) is 6.43. The number of hydrogen-bond donors (Lipinski definition) is 2. The van der Waals surface area contributed by atoms with E-state index in [1.165, 1.54) is 11.1 Å². The molecule has 2 fully saturated rings. The highest BCUT2D eigenvalue weighted by Gasteiger charge is 2.60. The van der Waals surface area contributed by atoms with E-state index in [1.54, 1.807) is 7.11 Å². The molecule has 0 bridgehead atoms. The number of fused-ring (bicyclic) bond motifs is 5. The zero-order chi connectivity index (χ0) is 18.5. The number of ether oxygens (including phenoxy) is 1. The molecule has 0 saturated heterocycles. The third-order valence-electron chi connectivity index (χ3n) is 7.65. The van der Waals surface area contributed by atoms with Gasteiger partial charge in [0.2, 0.25) is 0 Å². The van der Waals surface area contributed by atoms with Gasteiger partial charge in [-0.15, -0.1) is 0 Å². The molecule has 0 heterocycles. The van der Waals surface area contributed by atoms with Gasteiger partial charge < -0.3 is 14.9 Å². The lowest BCUT2D eigenvalue weighted by Gasteiger charge is -2.50. The third-order valence-corrected chi connectivity index (χ3v) is 7.65. The van der Waals surface area contributed by atoms with E-state index in [1.807, 2.05) is 0 Å². The standard InChI is InChI=1S/C22H29NO3/c1-3-13-11-19-18(12-20(24)22(19,25)8-9-23)17-6-4-14-10-15(26-2)5-7-16(14)21(13)17/h5,7,10,13,17-21,24-25H,3-4,6,8,11-12H2,1-2H3. The Labute approximate surface area is 155 Å². The van der Waals surface area contributed by atoms with Crippen LogP contribution in [0.4, 0.5) is 0 Å².